The number of hydrazine groups is 1. The van der Waals surface area contributed by atoms with Crippen LogP contribution in [0.5, 0.6) is 5.75 Å². The van der Waals surface area contributed by atoms with Crippen LogP contribution in [0.15, 0.2) is 71.7 Å². The van der Waals surface area contributed by atoms with Gasteiger partial charge in [-0.2, -0.15) is 0 Å². The molecule has 3 aromatic rings. The predicted octanol–water partition coefficient (Wildman–Crippen LogP) is 2.90. The summed E-state index contributed by atoms with van der Waals surface area (Å²) < 4.78 is 19.9. The van der Waals surface area contributed by atoms with E-state index in [9.17, 15) is 18.8 Å². The molecular formula is C23H22FN3O4. The minimum absolute atomic E-state index is 0.0111. The summed E-state index contributed by atoms with van der Waals surface area (Å²) in [6.07, 6.45) is 1.54. The third-order valence-electron chi connectivity index (χ3n) is 4.31. The van der Waals surface area contributed by atoms with E-state index in [1.165, 1.54) is 29.0 Å². The first-order chi connectivity index (χ1) is 14.8. The molecule has 1 heterocycles. The molecule has 0 spiro atoms. The van der Waals surface area contributed by atoms with Crippen molar-refractivity contribution in [3.05, 3.63) is 99.7 Å². The second-order valence-electron chi connectivity index (χ2n) is 7.08. The van der Waals surface area contributed by atoms with Gasteiger partial charge in [0.05, 0.1) is 12.6 Å². The molecule has 2 N–H and O–H groups in total. The maximum absolute atomic E-state index is 13.1. The van der Waals surface area contributed by atoms with Crippen LogP contribution in [-0.2, 0) is 6.54 Å². The highest BCUT2D eigenvalue weighted by Crippen LogP contribution is 2.13. The van der Waals surface area contributed by atoms with Crippen LogP contribution >= 0.6 is 0 Å². The number of hydrogen-bond acceptors (Lipinski definition) is 4. The Balaban J connectivity index is 1.64. The van der Waals surface area contributed by atoms with E-state index in [2.05, 4.69) is 10.9 Å². The highest BCUT2D eigenvalue weighted by Gasteiger charge is 2.14. The number of pyridine rings is 1. The van der Waals surface area contributed by atoms with Crippen molar-refractivity contribution >= 4 is 11.8 Å². The smallest absolute Gasteiger partial charge is 0.275 e. The van der Waals surface area contributed by atoms with Crippen molar-refractivity contribution in [2.75, 3.05) is 0 Å². The molecule has 0 atom stereocenters. The molecule has 31 heavy (non-hydrogen) atoms. The number of ether oxygens (including phenoxy) is 1. The van der Waals surface area contributed by atoms with Gasteiger partial charge in [-0.1, -0.05) is 12.1 Å². The van der Waals surface area contributed by atoms with Crippen molar-refractivity contribution in [3.63, 3.8) is 0 Å². The van der Waals surface area contributed by atoms with E-state index in [0.29, 0.717) is 16.9 Å². The molecule has 0 aliphatic heterocycles. The molecule has 1 aromatic heterocycles. The zero-order valence-corrected chi connectivity index (χ0v) is 17.1. The van der Waals surface area contributed by atoms with E-state index in [1.54, 1.807) is 42.5 Å². The van der Waals surface area contributed by atoms with Gasteiger partial charge < -0.3 is 9.30 Å². The second kappa shape index (κ2) is 9.71. The molecule has 8 heteroatoms. The van der Waals surface area contributed by atoms with Gasteiger partial charge in [-0.3, -0.25) is 25.2 Å². The highest BCUT2D eigenvalue weighted by molar-refractivity contribution is 5.98. The average molecular weight is 423 g/mol. The second-order valence-corrected chi connectivity index (χ2v) is 7.08. The minimum Gasteiger partial charge on any atom is -0.491 e. The molecule has 7 nitrogen and oxygen atoms in total. The molecule has 0 unspecified atom stereocenters. The molecule has 0 radical (unpaired) electrons. The zero-order valence-electron chi connectivity index (χ0n) is 17.1. The van der Waals surface area contributed by atoms with Crippen LogP contribution in [0.3, 0.4) is 0 Å². The summed E-state index contributed by atoms with van der Waals surface area (Å²) in [7, 11) is 0. The lowest BCUT2D eigenvalue weighted by atomic mass is 10.2. The largest absolute Gasteiger partial charge is 0.491 e. The Morgan fingerprint density at radius 3 is 2.26 bits per heavy atom. The molecular weight excluding hydrogens is 401 g/mol. The SMILES string of the molecule is CC(C)Oc1ccc(C(=O)NNC(=O)c2cccn(Cc3ccc(F)cc3)c2=O)cc1. The lowest BCUT2D eigenvalue weighted by molar-refractivity contribution is 0.0845. The summed E-state index contributed by atoms with van der Waals surface area (Å²) in [5.41, 5.74) is 4.90. The lowest BCUT2D eigenvalue weighted by Gasteiger charge is -2.11. The minimum atomic E-state index is -0.744. The Morgan fingerprint density at radius 1 is 0.968 bits per heavy atom. The maximum atomic E-state index is 13.1. The fourth-order valence-corrected chi connectivity index (χ4v) is 2.83. The van der Waals surface area contributed by atoms with Gasteiger partial charge in [0.2, 0.25) is 0 Å². The van der Waals surface area contributed by atoms with Gasteiger partial charge in [0.25, 0.3) is 17.4 Å². The fourth-order valence-electron chi connectivity index (χ4n) is 2.83. The standard InChI is InChI=1S/C23H22FN3O4/c1-15(2)31-19-11-7-17(8-12-19)21(28)25-26-22(29)20-4-3-13-27(23(20)30)14-16-5-9-18(24)10-6-16/h3-13,15H,14H2,1-2H3,(H,25,28)(H,26,29). The van der Waals surface area contributed by atoms with Gasteiger partial charge in [0.15, 0.2) is 0 Å². The summed E-state index contributed by atoms with van der Waals surface area (Å²) >= 11 is 0. The van der Waals surface area contributed by atoms with Crippen LogP contribution in [-0.4, -0.2) is 22.5 Å². The molecule has 2 aromatic carbocycles. The van der Waals surface area contributed by atoms with Crippen molar-refractivity contribution in [3.8, 4) is 5.75 Å². The summed E-state index contributed by atoms with van der Waals surface area (Å²) in [6.45, 7) is 3.97. The van der Waals surface area contributed by atoms with Crippen LogP contribution in [0, 0.1) is 5.82 Å². The number of carbonyl (C=O) groups excluding carboxylic acids is 2. The number of hydrogen-bond donors (Lipinski definition) is 2. The number of benzene rings is 2. The summed E-state index contributed by atoms with van der Waals surface area (Å²) in [5.74, 6) is -1.03. The molecule has 3 rings (SSSR count). The van der Waals surface area contributed by atoms with Crippen molar-refractivity contribution in [2.45, 2.75) is 26.5 Å². The Morgan fingerprint density at radius 2 is 1.61 bits per heavy atom. The van der Waals surface area contributed by atoms with Crippen LogP contribution in [0.4, 0.5) is 4.39 Å². The topological polar surface area (TPSA) is 89.4 Å². The van der Waals surface area contributed by atoms with Crippen molar-refractivity contribution in [1.29, 1.82) is 0 Å². The van der Waals surface area contributed by atoms with Gasteiger partial charge in [-0.25, -0.2) is 4.39 Å². The monoisotopic (exact) mass is 423 g/mol. The van der Waals surface area contributed by atoms with E-state index >= 15 is 0 Å². The van der Waals surface area contributed by atoms with Crippen LogP contribution in [0.2, 0.25) is 0 Å². The third kappa shape index (κ3) is 5.79. The van der Waals surface area contributed by atoms with E-state index in [1.807, 2.05) is 13.8 Å². The highest BCUT2D eigenvalue weighted by atomic mass is 19.1. The average Bonchev–Trinajstić information content (AvgIpc) is 2.75. The number of amides is 2. The Labute approximate surface area is 178 Å². The first kappa shape index (κ1) is 21.8. The van der Waals surface area contributed by atoms with E-state index < -0.39 is 17.4 Å². The number of carbonyl (C=O) groups is 2. The molecule has 2 amide bonds. The quantitative estimate of drug-likeness (QED) is 0.597. The lowest BCUT2D eigenvalue weighted by Crippen LogP contribution is -2.44. The fraction of sp³-hybridized carbons (Fsp3) is 0.174. The normalized spacial score (nSPS) is 10.6. The summed E-state index contributed by atoms with van der Waals surface area (Å²) in [6, 6.07) is 15.1. The number of aromatic nitrogens is 1. The molecule has 0 fully saturated rings. The van der Waals surface area contributed by atoms with E-state index in [4.69, 9.17) is 4.74 Å². The van der Waals surface area contributed by atoms with Crippen molar-refractivity contribution in [1.82, 2.24) is 15.4 Å². The molecule has 0 aliphatic carbocycles. The van der Waals surface area contributed by atoms with Crippen LogP contribution < -0.4 is 21.1 Å². The molecule has 0 saturated heterocycles. The Kier molecular flexibility index (Phi) is 6.81. The number of rotatable bonds is 6. The number of nitrogens with one attached hydrogen (secondary N) is 2. The third-order valence-corrected chi connectivity index (χ3v) is 4.31. The molecule has 160 valence electrons. The maximum Gasteiger partial charge on any atom is 0.275 e. The van der Waals surface area contributed by atoms with Gasteiger partial charge in [-0.05, 0) is 67.9 Å². The van der Waals surface area contributed by atoms with Gasteiger partial charge in [0, 0.05) is 11.8 Å². The Bertz CT molecular complexity index is 1120. The van der Waals surface area contributed by atoms with Crippen LogP contribution in [0.1, 0.15) is 40.1 Å². The summed E-state index contributed by atoms with van der Waals surface area (Å²) in [4.78, 5) is 37.3. The Hall–Kier alpha value is -3.94. The summed E-state index contributed by atoms with van der Waals surface area (Å²) in [5, 5.41) is 0. The molecule has 0 aliphatic rings. The van der Waals surface area contributed by atoms with Gasteiger partial charge >= 0.3 is 0 Å². The van der Waals surface area contributed by atoms with Crippen LogP contribution in [0.25, 0.3) is 0 Å². The van der Waals surface area contributed by atoms with Gasteiger partial charge in [0.1, 0.15) is 17.1 Å². The predicted molar refractivity (Wildman–Crippen MR) is 113 cm³/mol. The number of halogens is 1. The van der Waals surface area contributed by atoms with Crippen molar-refractivity contribution in [2.24, 2.45) is 0 Å². The molecule has 0 bridgehead atoms. The molecule has 0 saturated carbocycles. The first-order valence-corrected chi connectivity index (χ1v) is 9.65. The van der Waals surface area contributed by atoms with Crippen molar-refractivity contribution < 1.29 is 18.7 Å². The first-order valence-electron chi connectivity index (χ1n) is 9.65. The van der Waals surface area contributed by atoms with E-state index in [0.717, 1.165) is 0 Å². The van der Waals surface area contributed by atoms with Gasteiger partial charge in [-0.15, -0.1) is 0 Å². The zero-order chi connectivity index (χ0) is 22.4. The van der Waals surface area contributed by atoms with E-state index in [-0.39, 0.29) is 24.0 Å². The number of nitrogens with zero attached hydrogens (tertiary/aromatic N) is 1.